The molecule has 0 unspecified atom stereocenters. The van der Waals surface area contributed by atoms with Crippen LogP contribution in [0.25, 0.3) is 0 Å². The van der Waals surface area contributed by atoms with Gasteiger partial charge in [0.05, 0.1) is 5.56 Å². The van der Waals surface area contributed by atoms with E-state index in [2.05, 4.69) is 6.58 Å². The number of alkyl halides is 3. The average Bonchev–Trinajstić information content (AvgIpc) is 2.24. The molecular formula is C12H15ClF3NO. The minimum absolute atomic E-state index is 0. The first-order valence-electron chi connectivity index (χ1n) is 5.13. The zero-order chi connectivity index (χ0) is 13.1. The maximum atomic E-state index is 12.5. The van der Waals surface area contributed by atoms with Crippen LogP contribution < -0.4 is 5.73 Å². The van der Waals surface area contributed by atoms with E-state index in [4.69, 9.17) is 5.73 Å². The lowest BCUT2D eigenvalue weighted by molar-refractivity contribution is -0.137. The third-order valence-corrected chi connectivity index (χ3v) is 2.44. The second-order valence-corrected chi connectivity index (χ2v) is 3.74. The Morgan fingerprint density at radius 2 is 2.00 bits per heavy atom. The fourth-order valence-corrected chi connectivity index (χ4v) is 1.48. The van der Waals surface area contributed by atoms with Crippen LogP contribution in [0.15, 0.2) is 30.9 Å². The summed E-state index contributed by atoms with van der Waals surface area (Å²) in [6.07, 6.45) is -1.78. The van der Waals surface area contributed by atoms with Crippen molar-refractivity contribution in [2.45, 2.75) is 25.1 Å². The highest BCUT2D eigenvalue weighted by Gasteiger charge is 2.31. The van der Waals surface area contributed by atoms with E-state index in [0.717, 1.165) is 18.2 Å². The van der Waals surface area contributed by atoms with Gasteiger partial charge in [-0.2, -0.15) is 13.2 Å². The van der Waals surface area contributed by atoms with Gasteiger partial charge in [-0.15, -0.1) is 19.0 Å². The molecule has 0 aliphatic heterocycles. The molecule has 102 valence electrons. The van der Waals surface area contributed by atoms with Gasteiger partial charge in [0, 0.05) is 11.6 Å². The molecule has 6 heteroatoms. The molecule has 0 fully saturated rings. The SMILES string of the molecule is C=CCC[C@@H](N)c1cc(C(F)(F)F)ccc1O.Cl. The number of allylic oxidation sites excluding steroid dienone is 1. The Hall–Kier alpha value is -1.20. The zero-order valence-electron chi connectivity index (χ0n) is 9.57. The highest BCUT2D eigenvalue weighted by molar-refractivity contribution is 5.85. The molecule has 0 aromatic heterocycles. The summed E-state index contributed by atoms with van der Waals surface area (Å²) >= 11 is 0. The van der Waals surface area contributed by atoms with Crippen LogP contribution in [0.5, 0.6) is 5.75 Å². The lowest BCUT2D eigenvalue weighted by Gasteiger charge is -2.15. The van der Waals surface area contributed by atoms with E-state index in [9.17, 15) is 18.3 Å². The lowest BCUT2D eigenvalue weighted by atomic mass is 9.99. The molecular weight excluding hydrogens is 267 g/mol. The predicted octanol–water partition coefficient (Wildman–Crippen LogP) is 3.80. The second-order valence-electron chi connectivity index (χ2n) is 3.74. The van der Waals surface area contributed by atoms with Crippen LogP contribution in [0.2, 0.25) is 0 Å². The summed E-state index contributed by atoms with van der Waals surface area (Å²) in [5, 5.41) is 9.50. The Morgan fingerprint density at radius 1 is 1.39 bits per heavy atom. The summed E-state index contributed by atoms with van der Waals surface area (Å²) in [6.45, 7) is 3.51. The maximum Gasteiger partial charge on any atom is 0.416 e. The molecule has 2 nitrogen and oxygen atoms in total. The molecule has 1 aromatic rings. The fraction of sp³-hybridized carbons (Fsp3) is 0.333. The van der Waals surface area contributed by atoms with Crippen molar-refractivity contribution in [3.63, 3.8) is 0 Å². The van der Waals surface area contributed by atoms with Crippen molar-refractivity contribution in [1.29, 1.82) is 0 Å². The monoisotopic (exact) mass is 281 g/mol. The summed E-state index contributed by atoms with van der Waals surface area (Å²) in [6, 6.07) is 2.11. The van der Waals surface area contributed by atoms with Crippen LogP contribution in [0, 0.1) is 0 Å². The number of rotatable bonds is 4. The van der Waals surface area contributed by atoms with Gasteiger partial charge < -0.3 is 10.8 Å². The van der Waals surface area contributed by atoms with Gasteiger partial charge in [-0.1, -0.05) is 6.08 Å². The third-order valence-electron chi connectivity index (χ3n) is 2.44. The standard InChI is InChI=1S/C12H14F3NO.ClH/c1-2-3-4-10(16)9-7-8(12(13,14)15)5-6-11(9)17;/h2,5-7,10,17H,1,3-4,16H2;1H/t10-;/m1./s1. The highest BCUT2D eigenvalue weighted by Crippen LogP contribution is 2.34. The minimum atomic E-state index is -4.43. The number of halogens is 4. The first kappa shape index (κ1) is 16.8. The number of benzene rings is 1. The Kier molecular flexibility index (Phi) is 6.21. The van der Waals surface area contributed by atoms with E-state index < -0.39 is 17.8 Å². The van der Waals surface area contributed by atoms with Crippen molar-refractivity contribution in [3.8, 4) is 5.75 Å². The number of phenolic OH excluding ortho intramolecular Hbond substituents is 1. The highest BCUT2D eigenvalue weighted by atomic mass is 35.5. The molecule has 0 aliphatic carbocycles. The number of phenols is 1. The average molecular weight is 282 g/mol. The number of hydrogen-bond donors (Lipinski definition) is 2. The van der Waals surface area contributed by atoms with E-state index >= 15 is 0 Å². The van der Waals surface area contributed by atoms with Crippen molar-refractivity contribution >= 4 is 12.4 Å². The van der Waals surface area contributed by atoms with Gasteiger partial charge in [-0.25, -0.2) is 0 Å². The summed E-state index contributed by atoms with van der Waals surface area (Å²) in [5.74, 6) is -0.213. The Morgan fingerprint density at radius 3 is 2.50 bits per heavy atom. The first-order chi connectivity index (χ1) is 7.86. The van der Waals surface area contributed by atoms with Crippen LogP contribution in [0.1, 0.15) is 30.0 Å². The quantitative estimate of drug-likeness (QED) is 0.825. The Labute approximate surface area is 110 Å². The number of aromatic hydroxyl groups is 1. The lowest BCUT2D eigenvalue weighted by Crippen LogP contribution is -2.12. The molecule has 0 aliphatic rings. The van der Waals surface area contributed by atoms with Crippen molar-refractivity contribution in [3.05, 3.63) is 42.0 Å². The minimum Gasteiger partial charge on any atom is -0.508 e. The molecule has 0 radical (unpaired) electrons. The van der Waals surface area contributed by atoms with Crippen molar-refractivity contribution in [2.75, 3.05) is 0 Å². The van der Waals surface area contributed by atoms with E-state index in [1.54, 1.807) is 6.08 Å². The van der Waals surface area contributed by atoms with Crippen LogP contribution in [-0.2, 0) is 6.18 Å². The molecule has 0 spiro atoms. The second kappa shape index (κ2) is 6.66. The van der Waals surface area contributed by atoms with Gasteiger partial charge in [-0.05, 0) is 31.0 Å². The Bertz CT molecular complexity index is 407. The molecule has 0 bridgehead atoms. The molecule has 1 aromatic carbocycles. The third kappa shape index (κ3) is 4.23. The van der Waals surface area contributed by atoms with Gasteiger partial charge >= 0.3 is 6.18 Å². The largest absolute Gasteiger partial charge is 0.508 e. The number of nitrogens with two attached hydrogens (primary N) is 1. The molecule has 1 atom stereocenters. The van der Waals surface area contributed by atoms with E-state index in [0.29, 0.717) is 12.8 Å². The molecule has 0 amide bonds. The summed E-state index contributed by atoms with van der Waals surface area (Å²) < 4.78 is 37.4. The van der Waals surface area contributed by atoms with Crippen molar-refractivity contribution < 1.29 is 18.3 Å². The maximum absolute atomic E-state index is 12.5. The molecule has 0 saturated heterocycles. The normalized spacial score (nSPS) is 12.7. The van der Waals surface area contributed by atoms with Gasteiger partial charge in [0.1, 0.15) is 5.75 Å². The summed E-state index contributed by atoms with van der Waals surface area (Å²) in [5.41, 5.74) is 5.03. The molecule has 3 N–H and O–H groups in total. The topological polar surface area (TPSA) is 46.2 Å². The predicted molar refractivity (Wildman–Crippen MR) is 66.7 cm³/mol. The van der Waals surface area contributed by atoms with E-state index in [1.165, 1.54) is 0 Å². The fourth-order valence-electron chi connectivity index (χ4n) is 1.48. The van der Waals surface area contributed by atoms with Gasteiger partial charge in [0.2, 0.25) is 0 Å². The van der Waals surface area contributed by atoms with Crippen molar-refractivity contribution in [2.24, 2.45) is 5.73 Å². The smallest absolute Gasteiger partial charge is 0.416 e. The molecule has 0 saturated carbocycles. The van der Waals surface area contributed by atoms with Crippen LogP contribution in [0.4, 0.5) is 13.2 Å². The first-order valence-corrected chi connectivity index (χ1v) is 5.13. The molecule has 18 heavy (non-hydrogen) atoms. The van der Waals surface area contributed by atoms with Crippen molar-refractivity contribution in [1.82, 2.24) is 0 Å². The van der Waals surface area contributed by atoms with Gasteiger partial charge in [0.25, 0.3) is 0 Å². The number of hydrogen-bond acceptors (Lipinski definition) is 2. The van der Waals surface area contributed by atoms with Gasteiger partial charge in [-0.3, -0.25) is 0 Å². The van der Waals surface area contributed by atoms with E-state index in [1.807, 2.05) is 0 Å². The molecule has 1 rings (SSSR count). The summed E-state index contributed by atoms with van der Waals surface area (Å²) in [7, 11) is 0. The van der Waals surface area contributed by atoms with Crippen LogP contribution in [0.3, 0.4) is 0 Å². The molecule has 0 heterocycles. The van der Waals surface area contributed by atoms with E-state index in [-0.39, 0.29) is 23.7 Å². The van der Waals surface area contributed by atoms with Crippen LogP contribution >= 0.6 is 12.4 Å². The van der Waals surface area contributed by atoms with Gasteiger partial charge in [0.15, 0.2) is 0 Å². The van der Waals surface area contributed by atoms with Crippen LogP contribution in [-0.4, -0.2) is 5.11 Å². The Balaban J connectivity index is 0.00000289. The summed E-state index contributed by atoms with van der Waals surface area (Å²) in [4.78, 5) is 0. The zero-order valence-corrected chi connectivity index (χ0v) is 10.4.